The molecular formula is C5H9IN2. The van der Waals surface area contributed by atoms with Crippen LogP contribution in [0.4, 0.5) is 0 Å². The second-order valence-electron chi connectivity index (χ2n) is 1.61. The lowest BCUT2D eigenvalue weighted by molar-refractivity contribution is 0.968. The molecule has 8 heavy (non-hydrogen) atoms. The highest BCUT2D eigenvalue weighted by Gasteiger charge is 1.96. The van der Waals surface area contributed by atoms with Gasteiger partial charge in [-0.25, -0.2) is 0 Å². The topological polar surface area (TPSA) is 36.2 Å². The van der Waals surface area contributed by atoms with Crippen LogP contribution < -0.4 is 0 Å². The van der Waals surface area contributed by atoms with E-state index >= 15 is 0 Å². The third-order valence-corrected chi connectivity index (χ3v) is 1.23. The zero-order chi connectivity index (χ0) is 6.57. The molecule has 0 fully saturated rings. The van der Waals surface area contributed by atoms with E-state index in [1.54, 1.807) is 11.1 Å². The van der Waals surface area contributed by atoms with Gasteiger partial charge in [0.2, 0.25) is 0 Å². The van der Waals surface area contributed by atoms with Crippen molar-refractivity contribution in [3.05, 3.63) is 0 Å². The van der Waals surface area contributed by atoms with E-state index < -0.39 is 0 Å². The summed E-state index contributed by atoms with van der Waals surface area (Å²) in [4.78, 5) is 3.96. The largest absolute Gasteiger partial charge is 0.308 e. The van der Waals surface area contributed by atoms with Gasteiger partial charge in [-0.05, 0) is 36.4 Å². The third kappa shape index (κ3) is 3.12. The van der Waals surface area contributed by atoms with Crippen LogP contribution in [0, 0.1) is 5.41 Å². The summed E-state index contributed by atoms with van der Waals surface area (Å²) in [5.41, 5.74) is 0.609. The summed E-state index contributed by atoms with van der Waals surface area (Å²) in [6.45, 7) is 3.66. The molecule has 0 aromatic heterocycles. The maximum absolute atomic E-state index is 7.09. The van der Waals surface area contributed by atoms with E-state index in [1.165, 1.54) is 0 Å². The zero-order valence-corrected chi connectivity index (χ0v) is 7.14. The van der Waals surface area contributed by atoms with E-state index in [0.29, 0.717) is 5.71 Å². The average molecular weight is 224 g/mol. The fraction of sp³-hybridized carbons (Fsp3) is 0.600. The molecule has 0 saturated heterocycles. The molecule has 0 amide bonds. The van der Waals surface area contributed by atoms with Crippen molar-refractivity contribution in [1.29, 1.82) is 5.41 Å². The van der Waals surface area contributed by atoms with Crippen molar-refractivity contribution < 1.29 is 0 Å². The summed E-state index contributed by atoms with van der Waals surface area (Å²) in [6.07, 6.45) is 0. The minimum atomic E-state index is 0.0619. The predicted octanol–water partition coefficient (Wildman–Crippen LogP) is 1.88. The van der Waals surface area contributed by atoms with Gasteiger partial charge in [-0.15, -0.1) is 0 Å². The summed E-state index contributed by atoms with van der Waals surface area (Å²) >= 11 is 2.05. The molecule has 0 saturated carbocycles. The molecule has 1 atom stereocenters. The summed E-state index contributed by atoms with van der Waals surface area (Å²) in [7, 11) is 0. The van der Waals surface area contributed by atoms with Crippen LogP contribution in [0.15, 0.2) is 4.99 Å². The standard InChI is InChI=1S/C5H9IN2/c1-4(7)5(2)8-3-6/h3,5,7H,1-2H3/b7-4?,8-3-. The van der Waals surface area contributed by atoms with Crippen LogP contribution in [0.3, 0.4) is 0 Å². The Morgan fingerprint density at radius 3 is 2.50 bits per heavy atom. The van der Waals surface area contributed by atoms with Crippen molar-refractivity contribution in [1.82, 2.24) is 0 Å². The second kappa shape index (κ2) is 4.00. The monoisotopic (exact) mass is 224 g/mol. The first-order chi connectivity index (χ1) is 3.68. The van der Waals surface area contributed by atoms with Crippen LogP contribution in [-0.2, 0) is 0 Å². The molecule has 1 N–H and O–H groups in total. The summed E-state index contributed by atoms with van der Waals surface area (Å²) < 4.78 is 1.69. The number of aliphatic imine (C=N–C) groups is 1. The van der Waals surface area contributed by atoms with Crippen molar-refractivity contribution in [2.45, 2.75) is 19.9 Å². The van der Waals surface area contributed by atoms with Gasteiger partial charge < -0.3 is 5.41 Å². The highest BCUT2D eigenvalue weighted by Crippen LogP contribution is 1.90. The highest BCUT2D eigenvalue weighted by molar-refractivity contribution is 14.1. The van der Waals surface area contributed by atoms with Crippen molar-refractivity contribution >= 4 is 32.5 Å². The molecule has 0 rings (SSSR count). The van der Waals surface area contributed by atoms with E-state index in [4.69, 9.17) is 5.41 Å². The van der Waals surface area contributed by atoms with Crippen LogP contribution in [0.1, 0.15) is 13.8 Å². The fourth-order valence-electron chi connectivity index (χ4n) is 0.196. The first-order valence-corrected chi connectivity index (χ1v) is 3.60. The molecule has 0 bridgehead atoms. The van der Waals surface area contributed by atoms with Crippen molar-refractivity contribution in [3.8, 4) is 0 Å². The first-order valence-electron chi connectivity index (χ1n) is 2.35. The number of hydrogen-bond donors (Lipinski definition) is 1. The smallest absolute Gasteiger partial charge is 0.0847 e. The Kier molecular flexibility index (Phi) is 4.03. The summed E-state index contributed by atoms with van der Waals surface area (Å²) in [5, 5.41) is 7.09. The van der Waals surface area contributed by atoms with Crippen LogP contribution in [-0.4, -0.2) is 16.0 Å². The Hall–Kier alpha value is 0.0700. The maximum Gasteiger partial charge on any atom is 0.0847 e. The maximum atomic E-state index is 7.09. The van der Waals surface area contributed by atoms with Crippen molar-refractivity contribution in [3.63, 3.8) is 0 Å². The predicted molar refractivity (Wildman–Crippen MR) is 45.4 cm³/mol. The number of rotatable bonds is 2. The number of hydrogen-bond acceptors (Lipinski definition) is 2. The van der Waals surface area contributed by atoms with E-state index in [-0.39, 0.29) is 6.04 Å². The van der Waals surface area contributed by atoms with Crippen LogP contribution in [0.25, 0.3) is 0 Å². The fourth-order valence-corrected chi connectivity index (χ4v) is 0.679. The molecule has 0 heterocycles. The van der Waals surface area contributed by atoms with Gasteiger partial charge in [0.25, 0.3) is 0 Å². The molecule has 0 aliphatic heterocycles. The van der Waals surface area contributed by atoms with Crippen LogP contribution in [0.2, 0.25) is 0 Å². The lowest BCUT2D eigenvalue weighted by Crippen LogP contribution is -2.07. The second-order valence-corrected chi connectivity index (χ2v) is 2.16. The van der Waals surface area contributed by atoms with Crippen molar-refractivity contribution in [2.75, 3.05) is 0 Å². The summed E-state index contributed by atoms with van der Waals surface area (Å²) in [5.74, 6) is 0. The van der Waals surface area contributed by atoms with Gasteiger partial charge in [0.05, 0.1) is 10.3 Å². The molecule has 0 spiro atoms. The number of nitrogens with zero attached hydrogens (tertiary/aromatic N) is 1. The molecule has 1 unspecified atom stereocenters. The van der Waals surface area contributed by atoms with E-state index in [0.717, 1.165) is 0 Å². The van der Waals surface area contributed by atoms with Gasteiger partial charge in [0.15, 0.2) is 0 Å². The van der Waals surface area contributed by atoms with E-state index in [9.17, 15) is 0 Å². The minimum absolute atomic E-state index is 0.0619. The van der Waals surface area contributed by atoms with Crippen LogP contribution >= 0.6 is 22.6 Å². The Morgan fingerprint density at radius 2 is 2.38 bits per heavy atom. The van der Waals surface area contributed by atoms with Gasteiger partial charge in [-0.2, -0.15) is 0 Å². The van der Waals surface area contributed by atoms with Gasteiger partial charge in [0.1, 0.15) is 0 Å². The third-order valence-electron chi connectivity index (χ3n) is 0.907. The molecule has 0 aliphatic carbocycles. The molecule has 3 heteroatoms. The van der Waals surface area contributed by atoms with Crippen molar-refractivity contribution in [2.24, 2.45) is 4.99 Å². The normalized spacial score (nSPS) is 14.4. The molecular weight excluding hydrogens is 215 g/mol. The van der Waals surface area contributed by atoms with Gasteiger partial charge >= 0.3 is 0 Å². The van der Waals surface area contributed by atoms with Gasteiger partial charge in [-0.3, -0.25) is 4.99 Å². The molecule has 46 valence electrons. The molecule has 2 nitrogen and oxygen atoms in total. The Bertz CT molecular complexity index is 109. The SMILES string of the molecule is CC(=N)C(C)/N=C\I. The van der Waals surface area contributed by atoms with Gasteiger partial charge in [-0.1, -0.05) is 0 Å². The molecule has 0 aromatic rings. The minimum Gasteiger partial charge on any atom is -0.308 e. The Balaban J connectivity index is 3.64. The lowest BCUT2D eigenvalue weighted by atomic mass is 10.2. The molecule has 0 aliphatic rings. The summed E-state index contributed by atoms with van der Waals surface area (Å²) in [6, 6.07) is 0.0619. The Morgan fingerprint density at radius 1 is 1.88 bits per heavy atom. The first kappa shape index (κ1) is 8.07. The highest BCUT2D eigenvalue weighted by atomic mass is 127. The van der Waals surface area contributed by atoms with Gasteiger partial charge in [0, 0.05) is 5.71 Å². The molecule has 0 aromatic carbocycles. The average Bonchev–Trinajstić information content (AvgIpc) is 1.67. The Labute approximate surface area is 63.0 Å². The molecule has 0 radical (unpaired) electrons. The lowest BCUT2D eigenvalue weighted by Gasteiger charge is -1.98. The van der Waals surface area contributed by atoms with Crippen LogP contribution in [0.5, 0.6) is 0 Å². The number of nitrogens with one attached hydrogen (secondary N) is 1. The quantitative estimate of drug-likeness (QED) is 0.549. The van der Waals surface area contributed by atoms with E-state index in [2.05, 4.69) is 4.99 Å². The van der Waals surface area contributed by atoms with E-state index in [1.807, 2.05) is 29.5 Å². The number of halogens is 1. The zero-order valence-electron chi connectivity index (χ0n) is 4.98.